The van der Waals surface area contributed by atoms with Gasteiger partial charge in [-0.05, 0) is 48.8 Å². The maximum Gasteiger partial charge on any atom is 0.131 e. The lowest BCUT2D eigenvalue weighted by Crippen LogP contribution is -2.22. The largest absolute Gasteiger partial charge is 0.327 e. The predicted molar refractivity (Wildman–Crippen MR) is 85.2 cm³/mol. The van der Waals surface area contributed by atoms with E-state index in [0.717, 1.165) is 43.5 Å². The van der Waals surface area contributed by atoms with Gasteiger partial charge in [0.25, 0.3) is 0 Å². The van der Waals surface area contributed by atoms with E-state index < -0.39 is 0 Å². The fourth-order valence-corrected chi connectivity index (χ4v) is 3.05. The molecule has 0 radical (unpaired) electrons. The van der Waals surface area contributed by atoms with Gasteiger partial charge in [-0.3, -0.25) is 0 Å². The molecule has 1 aromatic heterocycles. The standard InChI is InChI=1S/C18H23N3/c1-2-17(19)9-13-11-20-18(21-12-13)16-8-7-14-5-3-4-6-15(14)10-16/h3-6,11-12,16-17H,2,7-10,19H2,1H3. The molecule has 0 fully saturated rings. The van der Waals surface area contributed by atoms with E-state index in [9.17, 15) is 0 Å². The summed E-state index contributed by atoms with van der Waals surface area (Å²) in [6, 6.07) is 8.93. The average Bonchev–Trinajstić information content (AvgIpc) is 2.55. The Balaban J connectivity index is 1.71. The molecular formula is C18H23N3. The number of benzene rings is 1. The number of aryl methyl sites for hydroxylation is 1. The topological polar surface area (TPSA) is 51.8 Å². The fourth-order valence-electron chi connectivity index (χ4n) is 3.05. The predicted octanol–water partition coefficient (Wildman–Crippen LogP) is 3.03. The Morgan fingerprint density at radius 1 is 1.19 bits per heavy atom. The molecule has 0 aliphatic heterocycles. The van der Waals surface area contributed by atoms with E-state index in [1.807, 2.05) is 12.4 Å². The maximum atomic E-state index is 5.98. The average molecular weight is 281 g/mol. The SMILES string of the molecule is CCC(N)Cc1cnc(C2CCc3ccccc3C2)nc1. The normalized spacial score (nSPS) is 19.0. The minimum Gasteiger partial charge on any atom is -0.327 e. The molecule has 1 aliphatic rings. The Labute approximate surface area is 126 Å². The summed E-state index contributed by atoms with van der Waals surface area (Å²) in [7, 11) is 0. The van der Waals surface area contributed by atoms with Gasteiger partial charge in [0.05, 0.1) is 0 Å². The van der Waals surface area contributed by atoms with Gasteiger partial charge in [0.15, 0.2) is 0 Å². The van der Waals surface area contributed by atoms with E-state index in [0.29, 0.717) is 5.92 Å². The molecule has 0 spiro atoms. The third-order valence-corrected chi connectivity index (χ3v) is 4.46. The van der Waals surface area contributed by atoms with Gasteiger partial charge in [0, 0.05) is 24.4 Å². The summed E-state index contributed by atoms with van der Waals surface area (Å²) < 4.78 is 0. The molecule has 2 atom stereocenters. The van der Waals surface area contributed by atoms with Crippen LogP contribution in [-0.4, -0.2) is 16.0 Å². The number of fused-ring (bicyclic) bond motifs is 1. The first-order valence-corrected chi connectivity index (χ1v) is 7.89. The van der Waals surface area contributed by atoms with E-state index in [4.69, 9.17) is 5.73 Å². The zero-order chi connectivity index (χ0) is 14.7. The fraction of sp³-hybridized carbons (Fsp3) is 0.444. The minimum atomic E-state index is 0.209. The van der Waals surface area contributed by atoms with Crippen molar-refractivity contribution in [2.45, 2.75) is 51.0 Å². The van der Waals surface area contributed by atoms with Crippen LogP contribution in [0.4, 0.5) is 0 Å². The zero-order valence-electron chi connectivity index (χ0n) is 12.6. The molecule has 2 aromatic rings. The Kier molecular flexibility index (Phi) is 4.30. The third kappa shape index (κ3) is 3.30. The molecule has 1 aliphatic carbocycles. The van der Waals surface area contributed by atoms with Gasteiger partial charge >= 0.3 is 0 Å². The van der Waals surface area contributed by atoms with Crippen LogP contribution in [0, 0.1) is 0 Å². The third-order valence-electron chi connectivity index (χ3n) is 4.46. The van der Waals surface area contributed by atoms with Crippen LogP contribution in [0.1, 0.15) is 48.2 Å². The van der Waals surface area contributed by atoms with Crippen LogP contribution in [0.25, 0.3) is 0 Å². The monoisotopic (exact) mass is 281 g/mol. The van der Waals surface area contributed by atoms with Crippen LogP contribution in [0.3, 0.4) is 0 Å². The van der Waals surface area contributed by atoms with E-state index in [1.165, 1.54) is 11.1 Å². The summed E-state index contributed by atoms with van der Waals surface area (Å²) in [5.41, 5.74) is 10.1. The molecule has 2 N–H and O–H groups in total. The van der Waals surface area contributed by atoms with Gasteiger partial charge in [-0.1, -0.05) is 31.2 Å². The summed E-state index contributed by atoms with van der Waals surface area (Å²) in [4.78, 5) is 9.19. The Hall–Kier alpha value is -1.74. The summed E-state index contributed by atoms with van der Waals surface area (Å²) >= 11 is 0. The molecule has 0 amide bonds. The molecule has 3 nitrogen and oxygen atoms in total. The Morgan fingerprint density at radius 2 is 1.90 bits per heavy atom. The first-order chi connectivity index (χ1) is 10.3. The van der Waals surface area contributed by atoms with E-state index in [1.54, 1.807) is 0 Å². The number of hydrogen-bond donors (Lipinski definition) is 1. The second-order valence-electron chi connectivity index (χ2n) is 6.03. The molecule has 110 valence electrons. The number of aromatic nitrogens is 2. The molecule has 1 aromatic carbocycles. The van der Waals surface area contributed by atoms with Crippen molar-refractivity contribution in [3.8, 4) is 0 Å². The highest BCUT2D eigenvalue weighted by Crippen LogP contribution is 2.30. The van der Waals surface area contributed by atoms with Gasteiger partial charge in [-0.15, -0.1) is 0 Å². The highest BCUT2D eigenvalue weighted by atomic mass is 14.9. The van der Waals surface area contributed by atoms with Crippen molar-refractivity contribution in [3.63, 3.8) is 0 Å². The molecular weight excluding hydrogens is 258 g/mol. The summed E-state index contributed by atoms with van der Waals surface area (Å²) in [6.45, 7) is 2.11. The van der Waals surface area contributed by atoms with Crippen LogP contribution in [-0.2, 0) is 19.3 Å². The van der Waals surface area contributed by atoms with Crippen molar-refractivity contribution in [1.82, 2.24) is 9.97 Å². The van der Waals surface area contributed by atoms with Crippen LogP contribution in [0.2, 0.25) is 0 Å². The van der Waals surface area contributed by atoms with Gasteiger partial charge < -0.3 is 5.73 Å². The molecule has 2 unspecified atom stereocenters. The summed E-state index contributed by atoms with van der Waals surface area (Å²) in [5, 5.41) is 0. The molecule has 1 heterocycles. The maximum absolute atomic E-state index is 5.98. The Morgan fingerprint density at radius 3 is 2.62 bits per heavy atom. The quantitative estimate of drug-likeness (QED) is 0.937. The van der Waals surface area contributed by atoms with Gasteiger partial charge in [-0.25, -0.2) is 9.97 Å². The van der Waals surface area contributed by atoms with Crippen molar-refractivity contribution < 1.29 is 0 Å². The van der Waals surface area contributed by atoms with Gasteiger partial charge in [-0.2, -0.15) is 0 Å². The van der Waals surface area contributed by atoms with Crippen LogP contribution in [0.15, 0.2) is 36.7 Å². The molecule has 21 heavy (non-hydrogen) atoms. The van der Waals surface area contributed by atoms with Crippen molar-refractivity contribution in [3.05, 3.63) is 59.2 Å². The van der Waals surface area contributed by atoms with Crippen molar-refractivity contribution in [2.24, 2.45) is 5.73 Å². The highest BCUT2D eigenvalue weighted by molar-refractivity contribution is 5.31. The zero-order valence-corrected chi connectivity index (χ0v) is 12.6. The van der Waals surface area contributed by atoms with E-state index in [-0.39, 0.29) is 6.04 Å². The van der Waals surface area contributed by atoms with Crippen LogP contribution in [0.5, 0.6) is 0 Å². The smallest absolute Gasteiger partial charge is 0.131 e. The van der Waals surface area contributed by atoms with Crippen LogP contribution >= 0.6 is 0 Å². The van der Waals surface area contributed by atoms with E-state index >= 15 is 0 Å². The van der Waals surface area contributed by atoms with Crippen LogP contribution < -0.4 is 5.73 Å². The number of nitrogens with two attached hydrogens (primary N) is 1. The highest BCUT2D eigenvalue weighted by Gasteiger charge is 2.21. The minimum absolute atomic E-state index is 0.209. The molecule has 0 saturated carbocycles. The number of rotatable bonds is 4. The summed E-state index contributed by atoms with van der Waals surface area (Å²) in [6.07, 6.45) is 9.10. The van der Waals surface area contributed by atoms with Gasteiger partial charge in [0.2, 0.25) is 0 Å². The lowest BCUT2D eigenvalue weighted by Gasteiger charge is -2.23. The molecule has 3 heteroatoms. The number of nitrogens with zero attached hydrogens (tertiary/aromatic N) is 2. The van der Waals surface area contributed by atoms with Gasteiger partial charge in [0.1, 0.15) is 5.82 Å². The lowest BCUT2D eigenvalue weighted by molar-refractivity contribution is 0.552. The second-order valence-corrected chi connectivity index (χ2v) is 6.03. The summed E-state index contributed by atoms with van der Waals surface area (Å²) in [5.74, 6) is 1.44. The molecule has 0 saturated heterocycles. The first kappa shape index (κ1) is 14.2. The Bertz CT molecular complexity index is 592. The molecule has 0 bridgehead atoms. The lowest BCUT2D eigenvalue weighted by atomic mass is 9.83. The molecule has 3 rings (SSSR count). The second kappa shape index (κ2) is 6.35. The van der Waals surface area contributed by atoms with Crippen molar-refractivity contribution in [1.29, 1.82) is 0 Å². The van der Waals surface area contributed by atoms with Crippen molar-refractivity contribution >= 4 is 0 Å². The van der Waals surface area contributed by atoms with E-state index in [2.05, 4.69) is 41.2 Å². The number of hydrogen-bond acceptors (Lipinski definition) is 3. The van der Waals surface area contributed by atoms with Crippen molar-refractivity contribution in [2.75, 3.05) is 0 Å². The first-order valence-electron chi connectivity index (χ1n) is 7.89.